The second kappa shape index (κ2) is 28.2. The third-order valence-electron chi connectivity index (χ3n) is 8.54. The molecular weight excluding hydrogens is 500 g/mol. The van der Waals surface area contributed by atoms with E-state index in [1.807, 2.05) is 0 Å². The maximum absolute atomic E-state index is 4.13. The van der Waals surface area contributed by atoms with Crippen molar-refractivity contribution in [1.29, 1.82) is 0 Å². The van der Waals surface area contributed by atoms with Crippen molar-refractivity contribution in [2.45, 2.75) is 211 Å². The summed E-state index contributed by atoms with van der Waals surface area (Å²) in [5.41, 5.74) is 1.74. The monoisotopic (exact) mass is 566 g/mol. The van der Waals surface area contributed by atoms with E-state index >= 15 is 0 Å². The summed E-state index contributed by atoms with van der Waals surface area (Å²) in [6, 6.07) is 0. The molecule has 0 bridgehead atoms. The Bertz CT molecular complexity index is 454. The molecule has 1 rings (SSSR count). The molecule has 0 aromatic rings. The normalized spacial score (nSPS) is 23.6. The van der Waals surface area contributed by atoms with Crippen LogP contribution in [0.1, 0.15) is 206 Å². The number of alkyl halides is 1. The van der Waals surface area contributed by atoms with Gasteiger partial charge in [0, 0.05) is 4.83 Å². The highest BCUT2D eigenvalue weighted by atomic mass is 79.9. The minimum Gasteiger partial charge on any atom is -0.0842 e. The van der Waals surface area contributed by atoms with E-state index < -0.39 is 0 Å². The molecule has 0 aromatic heterocycles. The van der Waals surface area contributed by atoms with Gasteiger partial charge in [-0.2, -0.15) is 0 Å². The van der Waals surface area contributed by atoms with Gasteiger partial charge in [0.2, 0.25) is 0 Å². The molecule has 0 heterocycles. The molecule has 0 nitrogen and oxygen atoms in total. The zero-order valence-corrected chi connectivity index (χ0v) is 26.5. The Hall–Kier alpha value is 0.220. The summed E-state index contributed by atoms with van der Waals surface area (Å²) < 4.78 is 0. The molecule has 0 amide bonds. The first-order chi connectivity index (χ1) is 17.8. The van der Waals surface area contributed by atoms with Crippen LogP contribution in [0.5, 0.6) is 0 Å². The Kier molecular flexibility index (Phi) is 26.9. The number of halogens is 1. The molecule has 1 fully saturated rings. The van der Waals surface area contributed by atoms with Crippen molar-refractivity contribution in [3.8, 4) is 0 Å². The molecule has 1 aliphatic carbocycles. The summed E-state index contributed by atoms with van der Waals surface area (Å²) >= 11 is 4.13. The van der Waals surface area contributed by atoms with Gasteiger partial charge in [0.05, 0.1) is 0 Å². The number of unbranched alkanes of at least 4 members (excludes halogenated alkanes) is 7. The van der Waals surface area contributed by atoms with E-state index in [-0.39, 0.29) is 0 Å². The molecule has 36 heavy (non-hydrogen) atoms. The lowest BCUT2D eigenvalue weighted by Gasteiger charge is -2.15. The fourth-order valence-corrected chi connectivity index (χ4v) is 6.71. The molecule has 0 radical (unpaired) electrons. The maximum atomic E-state index is 4.13. The largest absolute Gasteiger partial charge is 0.0842 e. The Morgan fingerprint density at radius 1 is 0.500 bits per heavy atom. The Morgan fingerprint density at radius 3 is 1.31 bits per heavy atom. The fraction of sp³-hybridized carbons (Fsp3) is 0.943. The predicted molar refractivity (Wildman–Crippen MR) is 170 cm³/mol. The first-order valence-electron chi connectivity index (χ1n) is 17.2. The van der Waals surface area contributed by atoms with E-state index in [1.165, 1.54) is 199 Å². The van der Waals surface area contributed by atoms with Crippen molar-refractivity contribution >= 4 is 15.9 Å². The van der Waals surface area contributed by atoms with Crippen LogP contribution in [0.25, 0.3) is 0 Å². The lowest BCUT2D eigenvalue weighted by atomic mass is 9.97. The summed E-state index contributed by atoms with van der Waals surface area (Å²) in [4.78, 5) is 0.636. The molecule has 0 spiro atoms. The highest BCUT2D eigenvalue weighted by Gasteiger charge is 2.10. The Balaban J connectivity index is 2.36. The summed E-state index contributed by atoms with van der Waals surface area (Å²) in [5.74, 6) is 0. The van der Waals surface area contributed by atoms with Crippen LogP contribution in [0.3, 0.4) is 0 Å². The minimum absolute atomic E-state index is 0.636. The maximum Gasteiger partial charge on any atom is 0.0354 e. The van der Waals surface area contributed by atoms with Crippen LogP contribution in [0.2, 0.25) is 0 Å². The zero-order valence-electron chi connectivity index (χ0n) is 25.0. The Labute approximate surface area is 237 Å². The van der Waals surface area contributed by atoms with Crippen LogP contribution in [0, 0.1) is 0 Å². The molecule has 0 aromatic carbocycles. The molecule has 1 aliphatic rings. The van der Waals surface area contributed by atoms with E-state index in [2.05, 4.69) is 28.9 Å². The molecule has 0 aliphatic heterocycles. The first kappa shape index (κ1) is 34.2. The average molecular weight is 568 g/mol. The van der Waals surface area contributed by atoms with E-state index in [0.717, 1.165) is 0 Å². The fourth-order valence-electron chi connectivity index (χ4n) is 5.97. The molecule has 0 N–H and O–H groups in total. The summed E-state index contributed by atoms with van der Waals surface area (Å²) in [6.07, 6.45) is 47.4. The third kappa shape index (κ3) is 23.3. The smallest absolute Gasteiger partial charge is 0.0354 e. The summed E-state index contributed by atoms with van der Waals surface area (Å²) in [6.45, 7) is 2.31. The molecule has 0 saturated heterocycles. The number of hydrogen-bond acceptors (Lipinski definition) is 0. The third-order valence-corrected chi connectivity index (χ3v) is 9.59. The van der Waals surface area contributed by atoms with Crippen LogP contribution < -0.4 is 0 Å². The van der Waals surface area contributed by atoms with Gasteiger partial charge in [0.1, 0.15) is 0 Å². The van der Waals surface area contributed by atoms with Gasteiger partial charge in [-0.1, -0.05) is 201 Å². The zero-order chi connectivity index (χ0) is 25.8. The summed E-state index contributed by atoms with van der Waals surface area (Å²) in [7, 11) is 0. The van der Waals surface area contributed by atoms with Crippen molar-refractivity contribution in [3.05, 3.63) is 11.6 Å². The van der Waals surface area contributed by atoms with Gasteiger partial charge in [0.25, 0.3) is 0 Å². The average Bonchev–Trinajstić information content (AvgIpc) is 2.88. The lowest BCUT2D eigenvalue weighted by Crippen LogP contribution is -2.03. The van der Waals surface area contributed by atoms with Gasteiger partial charge in [-0.05, 0) is 32.1 Å². The highest BCUT2D eigenvalue weighted by molar-refractivity contribution is 9.09. The van der Waals surface area contributed by atoms with Crippen LogP contribution in [-0.4, -0.2) is 4.83 Å². The van der Waals surface area contributed by atoms with Crippen molar-refractivity contribution < 1.29 is 0 Å². The van der Waals surface area contributed by atoms with Crippen molar-refractivity contribution in [2.24, 2.45) is 0 Å². The molecule has 1 atom stereocenters. The highest BCUT2D eigenvalue weighted by Crippen LogP contribution is 2.26. The van der Waals surface area contributed by atoms with Crippen LogP contribution in [0.15, 0.2) is 11.6 Å². The number of hydrogen-bond donors (Lipinski definition) is 0. The van der Waals surface area contributed by atoms with Gasteiger partial charge < -0.3 is 0 Å². The first-order valence-corrected chi connectivity index (χ1v) is 18.1. The number of rotatable bonds is 8. The standard InChI is InChI=1S/C35H67Br/c1-2-3-4-5-6-22-25-28-31-34-32-29-26-23-20-18-16-14-12-10-8-7-9-11-13-15-17-19-21-24-27-30-33-35(34)36/h31,35H,2-30,32-33H2,1H3. The van der Waals surface area contributed by atoms with Gasteiger partial charge in [-0.3, -0.25) is 0 Å². The second-order valence-electron chi connectivity index (χ2n) is 12.1. The summed E-state index contributed by atoms with van der Waals surface area (Å²) in [5, 5.41) is 0. The van der Waals surface area contributed by atoms with E-state index in [0.29, 0.717) is 4.83 Å². The lowest BCUT2D eigenvalue weighted by molar-refractivity contribution is 0.520. The molecule has 1 unspecified atom stereocenters. The van der Waals surface area contributed by atoms with Crippen LogP contribution in [-0.2, 0) is 0 Å². The van der Waals surface area contributed by atoms with E-state index in [1.54, 1.807) is 5.57 Å². The van der Waals surface area contributed by atoms with Gasteiger partial charge in [-0.25, -0.2) is 0 Å². The molecular formula is C35H67Br. The van der Waals surface area contributed by atoms with Gasteiger partial charge >= 0.3 is 0 Å². The molecule has 1 saturated carbocycles. The van der Waals surface area contributed by atoms with Crippen LogP contribution in [0.4, 0.5) is 0 Å². The molecule has 1 heteroatoms. The van der Waals surface area contributed by atoms with E-state index in [4.69, 9.17) is 0 Å². The predicted octanol–water partition coefficient (Wildman–Crippen LogP) is 13.8. The second-order valence-corrected chi connectivity index (χ2v) is 13.2. The number of allylic oxidation sites excluding steroid dienone is 2. The van der Waals surface area contributed by atoms with Crippen molar-refractivity contribution in [3.63, 3.8) is 0 Å². The van der Waals surface area contributed by atoms with Gasteiger partial charge in [-0.15, -0.1) is 0 Å². The minimum atomic E-state index is 0.636. The van der Waals surface area contributed by atoms with Crippen molar-refractivity contribution in [2.75, 3.05) is 0 Å². The van der Waals surface area contributed by atoms with Crippen molar-refractivity contribution in [1.82, 2.24) is 0 Å². The SMILES string of the molecule is CCCCCCCCCC=C1CCCCCCCCCCCCCCCCCCCCCCCC1Br. The van der Waals surface area contributed by atoms with E-state index in [9.17, 15) is 0 Å². The topological polar surface area (TPSA) is 0 Å². The molecule has 214 valence electrons. The van der Waals surface area contributed by atoms with Gasteiger partial charge in [0.15, 0.2) is 0 Å². The Morgan fingerprint density at radius 2 is 0.861 bits per heavy atom. The quantitative estimate of drug-likeness (QED) is 0.155. The van der Waals surface area contributed by atoms with Crippen LogP contribution >= 0.6 is 15.9 Å².